The SMILES string of the molecule is COc1cncc(-n2c(C(C)NC(=O)OC(C)(C)C)nc3cccc(Cl)c3c2=O)c1. The minimum atomic E-state index is -0.662. The number of aromatic nitrogens is 3. The lowest BCUT2D eigenvalue weighted by molar-refractivity contribution is 0.0505. The van der Waals surface area contributed by atoms with Gasteiger partial charge in [-0.1, -0.05) is 17.7 Å². The quantitative estimate of drug-likeness (QED) is 0.671. The Labute approximate surface area is 178 Å². The highest BCUT2D eigenvalue weighted by atomic mass is 35.5. The van der Waals surface area contributed by atoms with Crippen molar-refractivity contribution in [1.29, 1.82) is 0 Å². The maximum atomic E-state index is 13.4. The highest BCUT2D eigenvalue weighted by Gasteiger charge is 2.23. The van der Waals surface area contributed by atoms with E-state index in [9.17, 15) is 9.59 Å². The van der Waals surface area contributed by atoms with Crippen LogP contribution in [0.15, 0.2) is 41.5 Å². The maximum Gasteiger partial charge on any atom is 0.408 e. The first kappa shape index (κ1) is 21.6. The largest absolute Gasteiger partial charge is 0.495 e. The van der Waals surface area contributed by atoms with E-state index in [1.165, 1.54) is 24.1 Å². The zero-order valence-corrected chi connectivity index (χ0v) is 18.1. The lowest BCUT2D eigenvalue weighted by Crippen LogP contribution is -2.37. The average Bonchev–Trinajstić information content (AvgIpc) is 2.66. The van der Waals surface area contributed by atoms with Crippen LogP contribution >= 0.6 is 11.6 Å². The molecule has 2 aromatic heterocycles. The molecule has 0 aliphatic rings. The fraction of sp³-hybridized carbons (Fsp3) is 0.333. The number of alkyl carbamates (subject to hydrolysis) is 1. The summed E-state index contributed by atoms with van der Waals surface area (Å²) in [5.41, 5.74) is -0.188. The molecular formula is C21H23ClN4O4. The van der Waals surface area contributed by atoms with Crippen LogP contribution in [0.5, 0.6) is 5.75 Å². The van der Waals surface area contributed by atoms with E-state index in [1.54, 1.807) is 52.0 Å². The molecule has 30 heavy (non-hydrogen) atoms. The standard InChI is InChI=1S/C21H23ClN4O4/c1-12(24-20(28)30-21(2,3)4)18-25-16-8-6-7-15(22)17(16)19(27)26(18)13-9-14(29-5)11-23-10-13/h6-12H,1-5H3,(H,24,28). The number of rotatable bonds is 4. The highest BCUT2D eigenvalue weighted by molar-refractivity contribution is 6.35. The lowest BCUT2D eigenvalue weighted by atomic mass is 10.2. The fourth-order valence-corrected chi connectivity index (χ4v) is 3.19. The molecule has 2 heterocycles. The van der Waals surface area contributed by atoms with Crippen LogP contribution in [0.1, 0.15) is 39.6 Å². The molecule has 158 valence electrons. The highest BCUT2D eigenvalue weighted by Crippen LogP contribution is 2.24. The van der Waals surface area contributed by atoms with Gasteiger partial charge < -0.3 is 14.8 Å². The van der Waals surface area contributed by atoms with Gasteiger partial charge in [-0.15, -0.1) is 0 Å². The number of pyridine rings is 1. The average molecular weight is 431 g/mol. The zero-order chi connectivity index (χ0) is 22.1. The molecule has 1 atom stereocenters. The summed E-state index contributed by atoms with van der Waals surface area (Å²) in [4.78, 5) is 34.5. The van der Waals surface area contributed by atoms with Crippen molar-refractivity contribution in [1.82, 2.24) is 19.9 Å². The van der Waals surface area contributed by atoms with Crippen LogP contribution in [0, 0.1) is 0 Å². The number of hydrogen-bond acceptors (Lipinski definition) is 6. The molecular weight excluding hydrogens is 408 g/mol. The van der Waals surface area contributed by atoms with Crippen LogP contribution in [0.2, 0.25) is 5.02 Å². The smallest absolute Gasteiger partial charge is 0.408 e. The molecule has 1 unspecified atom stereocenters. The van der Waals surface area contributed by atoms with Crippen molar-refractivity contribution in [2.75, 3.05) is 7.11 Å². The van der Waals surface area contributed by atoms with E-state index in [4.69, 9.17) is 21.1 Å². The third-order valence-corrected chi connectivity index (χ3v) is 4.50. The van der Waals surface area contributed by atoms with E-state index in [0.717, 1.165) is 0 Å². The normalized spacial score (nSPS) is 12.5. The number of ether oxygens (including phenoxy) is 2. The number of benzene rings is 1. The van der Waals surface area contributed by atoms with Crippen LogP contribution < -0.4 is 15.6 Å². The molecule has 8 nitrogen and oxygen atoms in total. The van der Waals surface area contributed by atoms with Crippen molar-refractivity contribution in [3.63, 3.8) is 0 Å². The van der Waals surface area contributed by atoms with Crippen LogP contribution in [0.25, 0.3) is 16.6 Å². The molecule has 1 N–H and O–H groups in total. The molecule has 1 aromatic carbocycles. The van der Waals surface area contributed by atoms with Crippen molar-refractivity contribution in [3.8, 4) is 11.4 Å². The Bertz CT molecular complexity index is 1150. The second-order valence-corrected chi connectivity index (χ2v) is 8.10. The maximum absolute atomic E-state index is 13.4. The first-order valence-corrected chi connectivity index (χ1v) is 9.68. The molecule has 0 fully saturated rings. The Morgan fingerprint density at radius 3 is 2.67 bits per heavy atom. The number of nitrogens with zero attached hydrogens (tertiary/aromatic N) is 3. The predicted molar refractivity (Wildman–Crippen MR) is 114 cm³/mol. The number of methoxy groups -OCH3 is 1. The minimum Gasteiger partial charge on any atom is -0.495 e. The van der Waals surface area contributed by atoms with E-state index < -0.39 is 17.7 Å². The topological polar surface area (TPSA) is 95.3 Å². The van der Waals surface area contributed by atoms with Gasteiger partial charge in [0.2, 0.25) is 0 Å². The van der Waals surface area contributed by atoms with Crippen LogP contribution in [-0.2, 0) is 4.74 Å². The van der Waals surface area contributed by atoms with Gasteiger partial charge in [0.25, 0.3) is 5.56 Å². The molecule has 9 heteroatoms. The summed E-state index contributed by atoms with van der Waals surface area (Å²) in [6, 6.07) is 6.04. The summed E-state index contributed by atoms with van der Waals surface area (Å²) in [6.07, 6.45) is 2.42. The van der Waals surface area contributed by atoms with Gasteiger partial charge in [0, 0.05) is 6.07 Å². The first-order valence-electron chi connectivity index (χ1n) is 9.31. The van der Waals surface area contributed by atoms with Crippen molar-refractivity contribution in [3.05, 3.63) is 57.9 Å². The molecule has 0 spiro atoms. The van der Waals surface area contributed by atoms with Gasteiger partial charge in [-0.2, -0.15) is 0 Å². The molecule has 3 aromatic rings. The summed E-state index contributed by atoms with van der Waals surface area (Å²) in [5.74, 6) is 0.771. The molecule has 0 saturated carbocycles. The van der Waals surface area contributed by atoms with Gasteiger partial charge in [-0.3, -0.25) is 14.3 Å². The first-order chi connectivity index (χ1) is 14.1. The second-order valence-electron chi connectivity index (χ2n) is 7.70. The summed E-state index contributed by atoms with van der Waals surface area (Å²) >= 11 is 6.29. The third-order valence-electron chi connectivity index (χ3n) is 4.19. The molecule has 0 bridgehead atoms. The summed E-state index contributed by atoms with van der Waals surface area (Å²) in [5, 5.41) is 3.29. The second kappa shape index (κ2) is 8.31. The van der Waals surface area contributed by atoms with Gasteiger partial charge in [0.15, 0.2) is 0 Å². The van der Waals surface area contributed by atoms with E-state index in [0.29, 0.717) is 22.8 Å². The monoisotopic (exact) mass is 430 g/mol. The van der Waals surface area contributed by atoms with Crippen molar-refractivity contribution in [2.45, 2.75) is 39.3 Å². The Balaban J connectivity index is 2.19. The number of hydrogen-bond donors (Lipinski definition) is 1. The number of amides is 1. The van der Waals surface area contributed by atoms with Crippen molar-refractivity contribution < 1.29 is 14.3 Å². The van der Waals surface area contributed by atoms with Crippen LogP contribution in [0.4, 0.5) is 4.79 Å². The summed E-state index contributed by atoms with van der Waals surface area (Å²) in [7, 11) is 1.51. The molecule has 0 radical (unpaired) electrons. The summed E-state index contributed by atoms with van der Waals surface area (Å²) in [6.45, 7) is 7.02. The molecule has 0 saturated heterocycles. The number of halogens is 1. The van der Waals surface area contributed by atoms with Gasteiger partial charge in [0.1, 0.15) is 17.2 Å². The van der Waals surface area contributed by atoms with E-state index in [-0.39, 0.29) is 16.0 Å². The molecule has 0 aliphatic carbocycles. The van der Waals surface area contributed by atoms with Gasteiger partial charge in [0.05, 0.1) is 47.2 Å². The fourth-order valence-electron chi connectivity index (χ4n) is 2.94. The Kier molecular flexibility index (Phi) is 5.98. The number of carbonyl (C=O) groups excluding carboxylic acids is 1. The van der Waals surface area contributed by atoms with Crippen LogP contribution in [0.3, 0.4) is 0 Å². The van der Waals surface area contributed by atoms with E-state index in [1.807, 2.05) is 0 Å². The zero-order valence-electron chi connectivity index (χ0n) is 17.4. The van der Waals surface area contributed by atoms with Gasteiger partial charge in [-0.05, 0) is 39.8 Å². The lowest BCUT2D eigenvalue weighted by Gasteiger charge is -2.23. The molecule has 3 rings (SSSR count). The third kappa shape index (κ3) is 4.54. The number of carbonyl (C=O) groups is 1. The van der Waals surface area contributed by atoms with Gasteiger partial charge >= 0.3 is 6.09 Å². The Morgan fingerprint density at radius 2 is 2.00 bits per heavy atom. The molecule has 1 amide bonds. The Morgan fingerprint density at radius 1 is 1.27 bits per heavy atom. The summed E-state index contributed by atoms with van der Waals surface area (Å²) < 4.78 is 11.9. The minimum absolute atomic E-state index is 0.273. The molecule has 0 aliphatic heterocycles. The van der Waals surface area contributed by atoms with E-state index in [2.05, 4.69) is 15.3 Å². The Hall–Kier alpha value is -3.13. The van der Waals surface area contributed by atoms with Crippen molar-refractivity contribution >= 4 is 28.6 Å². The number of fused-ring (bicyclic) bond motifs is 1. The predicted octanol–water partition coefficient (Wildman–Crippen LogP) is 4.03. The number of nitrogens with one attached hydrogen (secondary N) is 1. The van der Waals surface area contributed by atoms with Crippen LogP contribution in [-0.4, -0.2) is 33.3 Å². The van der Waals surface area contributed by atoms with Crippen molar-refractivity contribution in [2.24, 2.45) is 0 Å². The van der Waals surface area contributed by atoms with E-state index >= 15 is 0 Å². The van der Waals surface area contributed by atoms with Gasteiger partial charge in [-0.25, -0.2) is 9.78 Å².